The van der Waals surface area contributed by atoms with E-state index in [0.29, 0.717) is 19.1 Å². The maximum Gasteiger partial charge on any atom is 0.186 e. The molecule has 7 rings (SSSR count). The third-order valence-electron chi connectivity index (χ3n) is 10.7. The standard InChI is InChI=1S/C39H49BrN2O5SSi/c1-5-49(3,4)46-24-31-20-39-34(47-38-36(39)29(21-41-31)17-33(37(38)40)44-22-27-11-12-27)18-30(42-45-23-26-9-7-6-8-10-26)19-35(39)48-25-28-13-15-32(43-2)16-14-28/h6-10,13-17,27,31,34-35,41H,5,11-12,18-25H2,1-4H3/b42-30-/t31-,34+,35+,39+/m0/s1. The Morgan fingerprint density at radius 2 is 1.84 bits per heavy atom. The molecule has 1 N–H and O–H groups in total. The van der Waals surface area contributed by atoms with Gasteiger partial charge in [-0.25, -0.2) is 0 Å². The van der Waals surface area contributed by atoms with Crippen LogP contribution in [0.3, 0.4) is 0 Å². The molecule has 0 saturated heterocycles. The van der Waals surface area contributed by atoms with Crippen molar-refractivity contribution in [3.63, 3.8) is 0 Å². The smallest absolute Gasteiger partial charge is 0.186 e. The number of ether oxygens (including phenoxy) is 3. The van der Waals surface area contributed by atoms with Gasteiger partial charge in [0.1, 0.15) is 34.4 Å². The van der Waals surface area contributed by atoms with Crippen molar-refractivity contribution in [2.45, 2.75) is 99.9 Å². The minimum atomic E-state index is -1.74. The van der Waals surface area contributed by atoms with Crippen molar-refractivity contribution in [3.8, 4) is 17.2 Å². The fraction of sp³-hybridized carbons (Fsp3) is 0.513. The van der Waals surface area contributed by atoms with Crippen LogP contribution >= 0.6 is 27.7 Å². The maximum atomic E-state index is 7.14. The predicted octanol–water partition coefficient (Wildman–Crippen LogP) is 9.02. The van der Waals surface area contributed by atoms with Gasteiger partial charge in [-0.15, -0.1) is 0 Å². The number of hydrogen-bond donors (Lipinski definition) is 1. The van der Waals surface area contributed by atoms with Gasteiger partial charge < -0.3 is 28.8 Å². The second-order valence-electron chi connectivity index (χ2n) is 14.6. The van der Waals surface area contributed by atoms with Crippen LogP contribution in [0.15, 0.2) is 70.3 Å². The number of thioether (sulfide) groups is 1. The highest BCUT2D eigenvalue weighted by Crippen LogP contribution is 2.61. The van der Waals surface area contributed by atoms with Gasteiger partial charge in [0.05, 0.1) is 24.8 Å². The van der Waals surface area contributed by atoms with Crippen LogP contribution in [0.25, 0.3) is 0 Å². The lowest BCUT2D eigenvalue weighted by Crippen LogP contribution is -2.55. The van der Waals surface area contributed by atoms with E-state index in [4.69, 9.17) is 28.6 Å². The summed E-state index contributed by atoms with van der Waals surface area (Å²) in [4.78, 5) is 6.02. The molecule has 2 heterocycles. The molecule has 2 fully saturated rings. The number of benzene rings is 3. The summed E-state index contributed by atoms with van der Waals surface area (Å²) in [5.41, 5.74) is 5.80. The van der Waals surface area contributed by atoms with E-state index in [9.17, 15) is 0 Å². The van der Waals surface area contributed by atoms with Gasteiger partial charge >= 0.3 is 0 Å². The molecular weight excluding hydrogens is 716 g/mol. The lowest BCUT2D eigenvalue weighted by atomic mass is 9.64. The molecule has 0 aromatic heterocycles. The van der Waals surface area contributed by atoms with Gasteiger partial charge in [-0.05, 0) is 95.1 Å². The van der Waals surface area contributed by atoms with E-state index >= 15 is 0 Å². The second-order valence-corrected chi connectivity index (χ2v) is 21.1. The molecule has 3 aromatic carbocycles. The minimum absolute atomic E-state index is 0.0868. The third kappa shape index (κ3) is 7.73. The van der Waals surface area contributed by atoms with Gasteiger partial charge in [0.2, 0.25) is 0 Å². The van der Waals surface area contributed by atoms with E-state index in [0.717, 1.165) is 77.2 Å². The average Bonchev–Trinajstić information content (AvgIpc) is 3.91. The highest BCUT2D eigenvalue weighted by atomic mass is 79.9. The Hall–Kier alpha value is -2.50. The number of methoxy groups -OCH3 is 1. The summed E-state index contributed by atoms with van der Waals surface area (Å²) in [7, 11) is -0.0300. The van der Waals surface area contributed by atoms with Gasteiger partial charge in [-0.2, -0.15) is 11.8 Å². The molecule has 4 atom stereocenters. The second kappa shape index (κ2) is 15.0. The van der Waals surface area contributed by atoms with E-state index in [-0.39, 0.29) is 22.8 Å². The van der Waals surface area contributed by atoms with Crippen molar-refractivity contribution >= 4 is 41.7 Å². The predicted molar refractivity (Wildman–Crippen MR) is 204 cm³/mol. The number of nitrogens with zero attached hydrogens (tertiary/aromatic N) is 1. The molecule has 2 aliphatic carbocycles. The normalized spacial score (nSPS) is 25.2. The number of oxime groups is 1. The fourth-order valence-electron chi connectivity index (χ4n) is 7.33. The first-order valence-corrected chi connectivity index (χ1v) is 22.7. The number of nitrogens with one attached hydrogen (secondary N) is 1. The molecule has 10 heteroatoms. The van der Waals surface area contributed by atoms with Crippen LogP contribution in [0.1, 0.15) is 61.3 Å². The lowest BCUT2D eigenvalue weighted by molar-refractivity contribution is 0.102. The Labute approximate surface area is 305 Å². The van der Waals surface area contributed by atoms with Crippen LogP contribution in [0.2, 0.25) is 19.1 Å². The zero-order valence-corrected chi connectivity index (χ0v) is 32.5. The first-order chi connectivity index (χ1) is 23.8. The molecule has 4 aliphatic rings. The summed E-state index contributed by atoms with van der Waals surface area (Å²) in [6, 6.07) is 22.3. The molecule has 3 aromatic rings. The monoisotopic (exact) mass is 764 g/mol. The van der Waals surface area contributed by atoms with Crippen molar-refractivity contribution < 1.29 is 23.5 Å². The molecule has 7 nitrogen and oxygen atoms in total. The molecule has 0 bridgehead atoms. The summed E-state index contributed by atoms with van der Waals surface area (Å²) >= 11 is 6.00. The van der Waals surface area contributed by atoms with E-state index in [1.54, 1.807) is 7.11 Å². The van der Waals surface area contributed by atoms with Crippen LogP contribution in [-0.4, -0.2) is 51.7 Å². The zero-order chi connectivity index (χ0) is 34.0. The number of hydrogen-bond acceptors (Lipinski definition) is 8. The van der Waals surface area contributed by atoms with Crippen LogP contribution in [-0.2, 0) is 33.6 Å². The van der Waals surface area contributed by atoms with Crippen molar-refractivity contribution in [3.05, 3.63) is 87.4 Å². The first kappa shape index (κ1) is 34.9. The van der Waals surface area contributed by atoms with Crippen LogP contribution in [0, 0.1) is 5.92 Å². The quantitative estimate of drug-likeness (QED) is 0.130. The van der Waals surface area contributed by atoms with Gasteiger partial charge in [0.15, 0.2) is 8.32 Å². The summed E-state index contributed by atoms with van der Waals surface area (Å²) in [5, 5.41) is 8.94. The first-order valence-electron chi connectivity index (χ1n) is 17.8. The van der Waals surface area contributed by atoms with E-state index < -0.39 is 8.32 Å². The third-order valence-corrected chi connectivity index (χ3v) is 15.6. The van der Waals surface area contributed by atoms with E-state index in [2.05, 4.69) is 83.7 Å². The molecule has 49 heavy (non-hydrogen) atoms. The highest BCUT2D eigenvalue weighted by molar-refractivity contribution is 9.10. The number of halogens is 1. The van der Waals surface area contributed by atoms with Crippen LogP contribution in [0.4, 0.5) is 0 Å². The van der Waals surface area contributed by atoms with Gasteiger partial charge in [-0.1, -0.05) is 54.5 Å². The fourth-order valence-corrected chi connectivity index (χ4v) is 10.3. The average molecular weight is 766 g/mol. The molecule has 1 spiro atoms. The maximum absolute atomic E-state index is 7.14. The van der Waals surface area contributed by atoms with Crippen molar-refractivity contribution in [2.24, 2.45) is 11.1 Å². The van der Waals surface area contributed by atoms with Crippen LogP contribution < -0.4 is 19.5 Å². The van der Waals surface area contributed by atoms with E-state index in [1.165, 1.54) is 29.5 Å². The zero-order valence-electron chi connectivity index (χ0n) is 29.1. The van der Waals surface area contributed by atoms with Crippen molar-refractivity contribution in [1.82, 2.24) is 5.32 Å². The Morgan fingerprint density at radius 3 is 2.57 bits per heavy atom. The summed E-state index contributed by atoms with van der Waals surface area (Å²) < 4.78 is 26.7. The van der Waals surface area contributed by atoms with E-state index in [1.807, 2.05) is 30.0 Å². The molecule has 0 radical (unpaired) electrons. The Balaban J connectivity index is 1.25. The van der Waals surface area contributed by atoms with Crippen molar-refractivity contribution in [2.75, 3.05) is 20.3 Å². The van der Waals surface area contributed by atoms with Crippen LogP contribution in [0.5, 0.6) is 17.2 Å². The largest absolute Gasteiger partial charge is 0.497 e. The number of rotatable bonds is 14. The van der Waals surface area contributed by atoms with Gasteiger partial charge in [-0.3, -0.25) is 0 Å². The summed E-state index contributed by atoms with van der Waals surface area (Å²) in [5.74, 6) is 4.24. The summed E-state index contributed by atoms with van der Waals surface area (Å²) in [6.07, 6.45) is 4.89. The van der Waals surface area contributed by atoms with Gasteiger partial charge in [0, 0.05) is 48.6 Å². The molecule has 2 aliphatic heterocycles. The minimum Gasteiger partial charge on any atom is -0.497 e. The summed E-state index contributed by atoms with van der Waals surface area (Å²) in [6.45, 7) is 9.56. The topological polar surface area (TPSA) is 70.5 Å². The Bertz CT molecular complexity index is 1640. The SMILES string of the molecule is CC[Si](C)(C)OC[C@@H]1C[C@@]23c4c(cc(OCC5CC5)c(Br)c4O[C@@H]2C/C(=N/OCc2ccccc2)C[C@H]3SCc2ccc(OC)cc2)CN1. The Morgan fingerprint density at radius 1 is 1.04 bits per heavy atom. The molecule has 0 unspecified atom stereocenters. The highest BCUT2D eigenvalue weighted by Gasteiger charge is 2.60. The van der Waals surface area contributed by atoms with Gasteiger partial charge in [0.25, 0.3) is 0 Å². The molecule has 2 saturated carbocycles. The molecule has 262 valence electrons. The van der Waals surface area contributed by atoms with Crippen molar-refractivity contribution in [1.29, 1.82) is 0 Å². The lowest BCUT2D eigenvalue weighted by Gasteiger charge is -2.46. The Kier molecular flexibility index (Phi) is 10.7. The molecular formula is C39H49BrN2O5SSi. The molecule has 0 amide bonds.